The van der Waals surface area contributed by atoms with Gasteiger partial charge in [0.1, 0.15) is 5.82 Å². The zero-order valence-corrected chi connectivity index (χ0v) is 13.2. The third kappa shape index (κ3) is 6.28. The normalized spacial score (nSPS) is 10.2. The van der Waals surface area contributed by atoms with E-state index in [0.717, 1.165) is 11.1 Å². The van der Waals surface area contributed by atoms with Crippen LogP contribution in [0.25, 0.3) is 6.08 Å². The number of benzene rings is 2. The number of esters is 1. The SMILES string of the molecule is N#Cc1ccc(/C=C/C(=O)OCC(=O)NCc2ccc(F)cc2)cc1. The Hall–Kier alpha value is -3.46. The van der Waals surface area contributed by atoms with Gasteiger partial charge in [-0.15, -0.1) is 0 Å². The van der Waals surface area contributed by atoms with Crippen LogP contribution in [0.3, 0.4) is 0 Å². The van der Waals surface area contributed by atoms with Gasteiger partial charge in [-0.25, -0.2) is 9.18 Å². The fourth-order valence-corrected chi connectivity index (χ4v) is 1.87. The lowest BCUT2D eigenvalue weighted by atomic mass is 10.1. The molecule has 0 atom stereocenters. The Balaban J connectivity index is 1.73. The van der Waals surface area contributed by atoms with Crippen molar-refractivity contribution in [3.05, 3.63) is 77.1 Å². The van der Waals surface area contributed by atoms with Crippen LogP contribution in [0.4, 0.5) is 4.39 Å². The van der Waals surface area contributed by atoms with E-state index in [-0.39, 0.29) is 12.4 Å². The summed E-state index contributed by atoms with van der Waals surface area (Å²) in [5.41, 5.74) is 2.00. The zero-order chi connectivity index (χ0) is 18.1. The average molecular weight is 338 g/mol. The van der Waals surface area contributed by atoms with Crippen LogP contribution in [0.2, 0.25) is 0 Å². The fourth-order valence-electron chi connectivity index (χ4n) is 1.87. The molecule has 0 unspecified atom stereocenters. The number of carbonyl (C=O) groups excluding carboxylic acids is 2. The highest BCUT2D eigenvalue weighted by atomic mass is 19.1. The predicted molar refractivity (Wildman–Crippen MR) is 89.4 cm³/mol. The molecule has 2 rings (SSSR count). The van der Waals surface area contributed by atoms with Crippen molar-refractivity contribution in [1.29, 1.82) is 5.26 Å². The maximum atomic E-state index is 12.8. The van der Waals surface area contributed by atoms with E-state index in [4.69, 9.17) is 10.00 Å². The highest BCUT2D eigenvalue weighted by molar-refractivity contribution is 5.89. The molecule has 0 saturated heterocycles. The van der Waals surface area contributed by atoms with Crippen molar-refractivity contribution >= 4 is 18.0 Å². The predicted octanol–water partition coefficient (Wildman–Crippen LogP) is 2.57. The minimum Gasteiger partial charge on any atom is -0.452 e. The lowest BCUT2D eigenvalue weighted by molar-refractivity contribution is -0.143. The van der Waals surface area contributed by atoms with Crippen molar-refractivity contribution in [1.82, 2.24) is 5.32 Å². The number of hydrogen-bond acceptors (Lipinski definition) is 4. The minimum atomic E-state index is -0.652. The van der Waals surface area contributed by atoms with Crippen LogP contribution in [0.1, 0.15) is 16.7 Å². The second-order valence-corrected chi connectivity index (χ2v) is 5.08. The van der Waals surface area contributed by atoms with Crippen LogP contribution in [0, 0.1) is 17.1 Å². The van der Waals surface area contributed by atoms with Gasteiger partial charge in [-0.1, -0.05) is 24.3 Å². The van der Waals surface area contributed by atoms with E-state index in [1.807, 2.05) is 6.07 Å². The number of hydrogen-bond donors (Lipinski definition) is 1. The third-order valence-corrected chi connectivity index (χ3v) is 3.20. The lowest BCUT2D eigenvalue weighted by Gasteiger charge is -2.05. The first-order chi connectivity index (χ1) is 12.1. The summed E-state index contributed by atoms with van der Waals surface area (Å²) in [6.45, 7) is -0.185. The van der Waals surface area contributed by atoms with Gasteiger partial charge in [-0.3, -0.25) is 4.79 Å². The van der Waals surface area contributed by atoms with Gasteiger partial charge in [-0.2, -0.15) is 5.26 Å². The maximum Gasteiger partial charge on any atom is 0.331 e. The lowest BCUT2D eigenvalue weighted by Crippen LogP contribution is -2.28. The summed E-state index contributed by atoms with van der Waals surface area (Å²) in [4.78, 5) is 23.2. The van der Waals surface area contributed by atoms with Gasteiger partial charge < -0.3 is 10.1 Å². The van der Waals surface area contributed by atoms with Gasteiger partial charge in [-0.05, 0) is 41.5 Å². The Morgan fingerprint density at radius 3 is 2.44 bits per heavy atom. The Morgan fingerprint density at radius 2 is 1.80 bits per heavy atom. The summed E-state index contributed by atoms with van der Waals surface area (Å²) in [6, 6.07) is 14.4. The Labute approximate surface area is 144 Å². The molecule has 2 aromatic carbocycles. The number of carbonyl (C=O) groups is 2. The molecule has 1 N–H and O–H groups in total. The van der Waals surface area contributed by atoms with Gasteiger partial charge in [0, 0.05) is 12.6 Å². The van der Waals surface area contributed by atoms with Gasteiger partial charge in [0.2, 0.25) is 0 Å². The molecule has 0 bridgehead atoms. The summed E-state index contributed by atoms with van der Waals surface area (Å²) >= 11 is 0. The summed E-state index contributed by atoms with van der Waals surface area (Å²) in [5, 5.41) is 11.3. The van der Waals surface area contributed by atoms with Crippen molar-refractivity contribution < 1.29 is 18.7 Å². The number of amides is 1. The number of nitrogens with one attached hydrogen (secondary N) is 1. The van der Waals surface area contributed by atoms with Gasteiger partial charge >= 0.3 is 5.97 Å². The molecule has 0 heterocycles. The van der Waals surface area contributed by atoms with Crippen molar-refractivity contribution in [2.45, 2.75) is 6.54 Å². The summed E-state index contributed by atoms with van der Waals surface area (Å²) < 4.78 is 17.6. The molecule has 0 radical (unpaired) electrons. The first-order valence-electron chi connectivity index (χ1n) is 7.43. The second-order valence-electron chi connectivity index (χ2n) is 5.08. The van der Waals surface area contributed by atoms with E-state index < -0.39 is 18.5 Å². The molecular weight excluding hydrogens is 323 g/mol. The van der Waals surface area contributed by atoms with Gasteiger partial charge in [0.15, 0.2) is 6.61 Å². The molecule has 6 heteroatoms. The first-order valence-corrected chi connectivity index (χ1v) is 7.43. The van der Waals surface area contributed by atoms with Crippen LogP contribution in [0.15, 0.2) is 54.6 Å². The minimum absolute atomic E-state index is 0.220. The van der Waals surface area contributed by atoms with Crippen LogP contribution in [-0.2, 0) is 20.9 Å². The van der Waals surface area contributed by atoms with E-state index in [1.54, 1.807) is 36.4 Å². The van der Waals surface area contributed by atoms with E-state index in [0.29, 0.717) is 5.56 Å². The molecule has 25 heavy (non-hydrogen) atoms. The highest BCUT2D eigenvalue weighted by Gasteiger charge is 2.05. The van der Waals surface area contributed by atoms with Gasteiger partial charge in [0.25, 0.3) is 5.91 Å². The highest BCUT2D eigenvalue weighted by Crippen LogP contribution is 2.05. The number of nitriles is 1. The molecular formula is C19H15FN2O3. The summed E-state index contributed by atoms with van der Waals surface area (Å²) in [7, 11) is 0. The van der Waals surface area contributed by atoms with E-state index in [1.165, 1.54) is 24.3 Å². The molecule has 0 saturated carbocycles. The summed E-state index contributed by atoms with van der Waals surface area (Å²) in [6.07, 6.45) is 2.73. The molecule has 0 aromatic heterocycles. The monoisotopic (exact) mass is 338 g/mol. The van der Waals surface area contributed by atoms with E-state index in [9.17, 15) is 14.0 Å². The Morgan fingerprint density at radius 1 is 1.12 bits per heavy atom. The average Bonchev–Trinajstić information content (AvgIpc) is 2.64. The quantitative estimate of drug-likeness (QED) is 0.648. The van der Waals surface area contributed by atoms with Crippen molar-refractivity contribution in [2.75, 3.05) is 6.61 Å². The topological polar surface area (TPSA) is 79.2 Å². The molecule has 2 aromatic rings. The number of halogens is 1. The molecule has 1 amide bonds. The molecule has 0 aliphatic rings. The largest absolute Gasteiger partial charge is 0.452 e. The van der Waals surface area contributed by atoms with Crippen LogP contribution < -0.4 is 5.32 Å². The van der Waals surface area contributed by atoms with Crippen LogP contribution in [0.5, 0.6) is 0 Å². The van der Waals surface area contributed by atoms with Crippen LogP contribution in [-0.4, -0.2) is 18.5 Å². The molecule has 5 nitrogen and oxygen atoms in total. The Bertz CT molecular complexity index is 806. The molecule has 0 spiro atoms. The van der Waals surface area contributed by atoms with Crippen molar-refractivity contribution in [3.8, 4) is 6.07 Å². The van der Waals surface area contributed by atoms with Crippen LogP contribution >= 0.6 is 0 Å². The maximum absolute atomic E-state index is 12.8. The molecule has 126 valence electrons. The zero-order valence-electron chi connectivity index (χ0n) is 13.2. The molecule has 0 aliphatic heterocycles. The van der Waals surface area contributed by atoms with E-state index >= 15 is 0 Å². The number of ether oxygens (including phenoxy) is 1. The third-order valence-electron chi connectivity index (χ3n) is 3.20. The second kappa shape index (κ2) is 8.99. The smallest absolute Gasteiger partial charge is 0.331 e. The van der Waals surface area contributed by atoms with Crippen molar-refractivity contribution in [3.63, 3.8) is 0 Å². The standard InChI is InChI=1S/C19H15FN2O3/c20-17-8-5-16(6-9-17)12-22-18(23)13-25-19(24)10-7-14-1-3-15(11-21)4-2-14/h1-10H,12-13H2,(H,22,23)/b10-7+. The molecule has 0 fully saturated rings. The van der Waals surface area contributed by atoms with Crippen molar-refractivity contribution in [2.24, 2.45) is 0 Å². The fraction of sp³-hybridized carbons (Fsp3) is 0.105. The summed E-state index contributed by atoms with van der Waals surface area (Å²) in [5.74, 6) is -1.45. The first kappa shape index (κ1) is 17.9. The van der Waals surface area contributed by atoms with E-state index in [2.05, 4.69) is 5.32 Å². The molecule has 0 aliphatic carbocycles. The van der Waals surface area contributed by atoms with Gasteiger partial charge in [0.05, 0.1) is 11.6 Å². The Kier molecular flexibility index (Phi) is 6.43. The number of nitrogens with zero attached hydrogens (tertiary/aromatic N) is 1. The number of rotatable bonds is 6.